The van der Waals surface area contributed by atoms with Gasteiger partial charge in [-0.05, 0) is 36.8 Å². The molecule has 1 N–H and O–H groups in total. The van der Waals surface area contributed by atoms with Crippen molar-refractivity contribution >= 4 is 46.3 Å². The number of halogens is 2. The minimum atomic E-state index is -1.18. The molecule has 3 rings (SSSR count). The number of aromatic nitrogens is 2. The lowest BCUT2D eigenvalue weighted by molar-refractivity contribution is 0.0692. The van der Waals surface area contributed by atoms with Gasteiger partial charge in [0.1, 0.15) is 11.3 Å². The lowest BCUT2D eigenvalue weighted by Crippen LogP contribution is -1.96. The Bertz CT molecular complexity index is 950. The molecule has 2 aromatic heterocycles. The van der Waals surface area contributed by atoms with Crippen molar-refractivity contribution in [1.29, 1.82) is 0 Å². The van der Waals surface area contributed by atoms with E-state index in [4.69, 9.17) is 23.2 Å². The van der Waals surface area contributed by atoms with E-state index in [1.165, 1.54) is 0 Å². The van der Waals surface area contributed by atoms with Gasteiger partial charge in [0.2, 0.25) is 0 Å². The van der Waals surface area contributed by atoms with Crippen LogP contribution in [0.4, 0.5) is 11.5 Å². The minimum absolute atomic E-state index is 0.118. The number of nitrogens with zero attached hydrogens (tertiary/aromatic N) is 4. The van der Waals surface area contributed by atoms with Gasteiger partial charge in [0.25, 0.3) is 0 Å². The van der Waals surface area contributed by atoms with Crippen LogP contribution in [0.1, 0.15) is 16.1 Å². The summed E-state index contributed by atoms with van der Waals surface area (Å²) in [5.41, 5.74) is 1.51. The van der Waals surface area contributed by atoms with Crippen LogP contribution in [0, 0.1) is 6.92 Å². The topological polar surface area (TPSA) is 79.3 Å². The first-order chi connectivity index (χ1) is 11.0. The van der Waals surface area contributed by atoms with Crippen LogP contribution in [0.3, 0.4) is 0 Å². The van der Waals surface area contributed by atoms with Crippen LogP contribution in [0.15, 0.2) is 46.8 Å². The summed E-state index contributed by atoms with van der Waals surface area (Å²) in [5.74, 6) is -1.06. The molecule has 8 heteroatoms. The maximum absolute atomic E-state index is 11.4. The molecule has 0 aliphatic carbocycles. The second-order valence-electron chi connectivity index (χ2n) is 4.77. The molecule has 6 nitrogen and oxygen atoms in total. The maximum atomic E-state index is 11.4. The number of aryl methyl sites for hydroxylation is 1. The summed E-state index contributed by atoms with van der Waals surface area (Å²) >= 11 is 11.9. The van der Waals surface area contributed by atoms with E-state index in [9.17, 15) is 9.90 Å². The van der Waals surface area contributed by atoms with Gasteiger partial charge in [-0.3, -0.25) is 4.40 Å². The van der Waals surface area contributed by atoms with E-state index in [1.807, 2.05) is 13.0 Å². The molecule has 0 amide bonds. The summed E-state index contributed by atoms with van der Waals surface area (Å²) in [7, 11) is 0. The van der Waals surface area contributed by atoms with Crippen molar-refractivity contribution in [1.82, 2.24) is 9.38 Å². The van der Waals surface area contributed by atoms with Crippen molar-refractivity contribution in [3.63, 3.8) is 0 Å². The van der Waals surface area contributed by atoms with Gasteiger partial charge in [0.15, 0.2) is 11.5 Å². The first kappa shape index (κ1) is 15.5. The Hall–Kier alpha value is -2.44. The molecule has 0 bridgehead atoms. The fraction of sp³-hybridized carbons (Fsp3) is 0.0667. The van der Waals surface area contributed by atoms with E-state index in [-0.39, 0.29) is 11.5 Å². The number of imidazole rings is 1. The van der Waals surface area contributed by atoms with Crippen LogP contribution >= 0.6 is 23.2 Å². The quantitative estimate of drug-likeness (QED) is 0.671. The highest BCUT2D eigenvalue weighted by Crippen LogP contribution is 2.31. The molecule has 116 valence electrons. The zero-order valence-corrected chi connectivity index (χ0v) is 13.4. The lowest BCUT2D eigenvalue weighted by atomic mass is 10.3. The highest BCUT2D eigenvalue weighted by molar-refractivity contribution is 6.35. The first-order valence-corrected chi connectivity index (χ1v) is 7.30. The van der Waals surface area contributed by atoms with Crippen LogP contribution in [0.2, 0.25) is 10.0 Å². The zero-order chi connectivity index (χ0) is 16.6. The number of azo groups is 1. The largest absolute Gasteiger partial charge is 0.476 e. The van der Waals surface area contributed by atoms with E-state index in [1.54, 1.807) is 34.9 Å². The average Bonchev–Trinajstić information content (AvgIpc) is 2.89. The molecule has 0 radical (unpaired) electrons. The van der Waals surface area contributed by atoms with Crippen LogP contribution in [0.5, 0.6) is 0 Å². The van der Waals surface area contributed by atoms with Crippen molar-refractivity contribution in [2.75, 3.05) is 0 Å². The summed E-state index contributed by atoms with van der Waals surface area (Å²) in [6, 6.07) is 8.38. The second kappa shape index (κ2) is 5.98. The number of carboxylic acid groups (broad SMARTS) is 1. The highest BCUT2D eigenvalue weighted by Gasteiger charge is 2.19. The number of rotatable bonds is 3. The van der Waals surface area contributed by atoms with Crippen molar-refractivity contribution in [3.8, 4) is 0 Å². The summed E-state index contributed by atoms with van der Waals surface area (Å²) in [6.07, 6.45) is 1.68. The van der Waals surface area contributed by atoms with Crippen molar-refractivity contribution in [2.24, 2.45) is 10.2 Å². The van der Waals surface area contributed by atoms with Crippen molar-refractivity contribution in [3.05, 3.63) is 57.8 Å². The van der Waals surface area contributed by atoms with Gasteiger partial charge >= 0.3 is 5.97 Å². The average molecular weight is 349 g/mol. The van der Waals surface area contributed by atoms with Crippen LogP contribution < -0.4 is 0 Å². The fourth-order valence-corrected chi connectivity index (χ4v) is 2.42. The molecular formula is C15H10Cl2N4O2. The van der Waals surface area contributed by atoms with Gasteiger partial charge in [-0.2, -0.15) is 0 Å². The number of fused-ring (bicyclic) bond motifs is 1. The Morgan fingerprint density at radius 2 is 2.04 bits per heavy atom. The predicted molar refractivity (Wildman–Crippen MR) is 87.5 cm³/mol. The Labute approximate surface area is 141 Å². The Balaban J connectivity index is 2.17. The molecule has 2 heterocycles. The molecule has 0 saturated carbocycles. The number of benzene rings is 1. The molecule has 0 saturated heterocycles. The number of carboxylic acids is 1. The SMILES string of the molecule is Cc1cccn2c(N=Nc3cc(Cl)ccc3Cl)c(C(=O)O)nc12. The van der Waals surface area contributed by atoms with E-state index in [0.29, 0.717) is 21.4 Å². The molecule has 0 spiro atoms. The van der Waals surface area contributed by atoms with Crippen molar-refractivity contribution in [2.45, 2.75) is 6.92 Å². The third kappa shape index (κ3) is 2.91. The molecule has 0 aliphatic heterocycles. The third-order valence-corrected chi connectivity index (χ3v) is 3.74. The molecule has 0 fully saturated rings. The maximum Gasteiger partial charge on any atom is 0.358 e. The van der Waals surface area contributed by atoms with Gasteiger partial charge in [0.05, 0.1) is 5.02 Å². The highest BCUT2D eigenvalue weighted by atomic mass is 35.5. The summed E-state index contributed by atoms with van der Waals surface area (Å²) in [6.45, 7) is 1.84. The lowest BCUT2D eigenvalue weighted by Gasteiger charge is -1.99. The first-order valence-electron chi connectivity index (χ1n) is 6.55. The summed E-state index contributed by atoms with van der Waals surface area (Å²) < 4.78 is 1.57. The van der Waals surface area contributed by atoms with Gasteiger partial charge < -0.3 is 5.11 Å². The standard InChI is InChI=1S/C15H10Cl2N4O2/c1-8-3-2-6-21-13(8)18-12(15(22)23)14(21)20-19-11-7-9(16)4-5-10(11)17/h2-7H,1H3,(H,22,23). The van der Waals surface area contributed by atoms with Gasteiger partial charge in [-0.25, -0.2) is 9.78 Å². The van der Waals surface area contributed by atoms with Crippen LogP contribution in [-0.2, 0) is 0 Å². The Morgan fingerprint density at radius 3 is 2.78 bits per heavy atom. The number of hydrogen-bond acceptors (Lipinski definition) is 4. The molecule has 1 aromatic carbocycles. The Morgan fingerprint density at radius 1 is 1.26 bits per heavy atom. The van der Waals surface area contributed by atoms with Crippen molar-refractivity contribution < 1.29 is 9.90 Å². The molecule has 0 aliphatic rings. The number of hydrogen-bond donors (Lipinski definition) is 1. The molecule has 23 heavy (non-hydrogen) atoms. The monoisotopic (exact) mass is 348 g/mol. The van der Waals surface area contributed by atoms with E-state index in [2.05, 4.69) is 15.2 Å². The number of aromatic carboxylic acids is 1. The van der Waals surface area contributed by atoms with Gasteiger partial charge in [-0.15, -0.1) is 10.2 Å². The summed E-state index contributed by atoms with van der Waals surface area (Å²) in [4.78, 5) is 15.5. The predicted octanol–water partition coefficient (Wildman–Crippen LogP) is 5.06. The smallest absolute Gasteiger partial charge is 0.358 e. The second-order valence-corrected chi connectivity index (χ2v) is 5.61. The fourth-order valence-electron chi connectivity index (χ4n) is 2.09. The minimum Gasteiger partial charge on any atom is -0.476 e. The van der Waals surface area contributed by atoms with Crippen LogP contribution in [-0.4, -0.2) is 20.5 Å². The normalized spacial score (nSPS) is 11.4. The van der Waals surface area contributed by atoms with E-state index in [0.717, 1.165) is 5.56 Å². The molecule has 0 unspecified atom stereocenters. The number of pyridine rings is 1. The zero-order valence-electron chi connectivity index (χ0n) is 11.9. The summed E-state index contributed by atoms with van der Waals surface area (Å²) in [5, 5.41) is 18.2. The molecule has 0 atom stereocenters. The van der Waals surface area contributed by atoms with E-state index < -0.39 is 5.97 Å². The third-order valence-electron chi connectivity index (χ3n) is 3.18. The Kier molecular flexibility index (Phi) is 4.02. The van der Waals surface area contributed by atoms with Gasteiger partial charge in [-0.1, -0.05) is 29.3 Å². The number of carbonyl (C=O) groups is 1. The molecular weight excluding hydrogens is 339 g/mol. The molecule has 3 aromatic rings. The van der Waals surface area contributed by atoms with Crippen LogP contribution in [0.25, 0.3) is 5.65 Å². The van der Waals surface area contributed by atoms with E-state index >= 15 is 0 Å². The van der Waals surface area contributed by atoms with Gasteiger partial charge in [0, 0.05) is 11.2 Å².